The molecule has 1 aliphatic heterocycles. The van der Waals surface area contributed by atoms with Crippen molar-refractivity contribution in [2.24, 2.45) is 0 Å². The highest BCUT2D eigenvalue weighted by Crippen LogP contribution is 2.36. The lowest BCUT2D eigenvalue weighted by Crippen LogP contribution is -2.39. The van der Waals surface area contributed by atoms with Crippen LogP contribution in [0.15, 0.2) is 66.7 Å². The monoisotopic (exact) mass is 450 g/mol. The van der Waals surface area contributed by atoms with Crippen molar-refractivity contribution in [3.8, 4) is 5.75 Å². The van der Waals surface area contributed by atoms with Crippen LogP contribution in [0.2, 0.25) is 0 Å². The second-order valence-electron chi connectivity index (χ2n) is 7.81. The van der Waals surface area contributed by atoms with Gasteiger partial charge in [-0.05, 0) is 60.9 Å². The van der Waals surface area contributed by atoms with Crippen molar-refractivity contribution in [3.05, 3.63) is 83.7 Å². The van der Waals surface area contributed by atoms with E-state index in [4.69, 9.17) is 14.7 Å². The molecule has 0 spiro atoms. The molecule has 0 saturated carbocycles. The van der Waals surface area contributed by atoms with Crippen molar-refractivity contribution in [1.29, 1.82) is 0 Å². The maximum absolute atomic E-state index is 13.3. The van der Waals surface area contributed by atoms with E-state index in [2.05, 4.69) is 41.4 Å². The smallest absolute Gasteiger partial charge is 0.229 e. The summed E-state index contributed by atoms with van der Waals surface area (Å²) in [6.45, 7) is 2.99. The lowest BCUT2D eigenvalue weighted by molar-refractivity contribution is 0.419. The summed E-state index contributed by atoms with van der Waals surface area (Å²) in [5.74, 6) is 1.71. The molecule has 1 aliphatic rings. The largest absolute Gasteiger partial charge is 0.494 e. The normalized spacial score (nSPS) is 15.1. The van der Waals surface area contributed by atoms with Crippen molar-refractivity contribution in [1.82, 2.24) is 9.97 Å². The lowest BCUT2D eigenvalue weighted by Gasteiger charge is -2.36. The molecule has 1 aromatic heterocycles. The number of benzene rings is 3. The number of anilines is 3. The van der Waals surface area contributed by atoms with Crippen LogP contribution in [0.4, 0.5) is 21.8 Å². The Morgan fingerprint density at radius 3 is 2.47 bits per heavy atom. The average molecular weight is 451 g/mol. The number of methoxy groups -OCH3 is 1. The van der Waals surface area contributed by atoms with Crippen LogP contribution < -0.4 is 15.0 Å². The second-order valence-corrected chi connectivity index (χ2v) is 7.81. The molecule has 0 radical (unpaired) electrons. The lowest BCUT2D eigenvalue weighted by atomic mass is 9.94. The molecule has 5 nitrogen and oxygen atoms in total. The third-order valence-electron chi connectivity index (χ3n) is 5.77. The Hall–Kier alpha value is -3.38. The van der Waals surface area contributed by atoms with Crippen molar-refractivity contribution < 1.29 is 9.13 Å². The summed E-state index contributed by atoms with van der Waals surface area (Å²) in [5.41, 5.74) is 4.15. The maximum atomic E-state index is 13.3. The summed E-state index contributed by atoms with van der Waals surface area (Å²) < 4.78 is 18.9. The maximum Gasteiger partial charge on any atom is 0.229 e. The van der Waals surface area contributed by atoms with E-state index in [0.717, 1.165) is 35.4 Å². The van der Waals surface area contributed by atoms with Gasteiger partial charge in [-0.1, -0.05) is 30.3 Å². The van der Waals surface area contributed by atoms with E-state index in [1.807, 2.05) is 18.2 Å². The molecule has 1 N–H and O–H groups in total. The van der Waals surface area contributed by atoms with Crippen LogP contribution >= 0.6 is 12.4 Å². The molecule has 1 atom stereocenters. The molecule has 1 unspecified atom stereocenters. The van der Waals surface area contributed by atoms with Gasteiger partial charge in [-0.2, -0.15) is 4.98 Å². The van der Waals surface area contributed by atoms with E-state index < -0.39 is 0 Å². The van der Waals surface area contributed by atoms with Gasteiger partial charge in [0.2, 0.25) is 5.95 Å². The fourth-order valence-corrected chi connectivity index (χ4v) is 4.17. The molecule has 0 amide bonds. The number of hydrogen-bond donors (Lipinski definition) is 1. The van der Waals surface area contributed by atoms with Crippen LogP contribution in [0.3, 0.4) is 0 Å². The van der Waals surface area contributed by atoms with Crippen molar-refractivity contribution in [3.63, 3.8) is 0 Å². The molecule has 4 aromatic rings. The fourth-order valence-electron chi connectivity index (χ4n) is 4.17. The van der Waals surface area contributed by atoms with E-state index in [1.54, 1.807) is 19.2 Å². The van der Waals surface area contributed by atoms with E-state index in [1.165, 1.54) is 23.3 Å². The highest BCUT2D eigenvalue weighted by molar-refractivity contribution is 5.94. The average Bonchev–Trinajstić information content (AvgIpc) is 2.79. The molecule has 164 valence electrons. The van der Waals surface area contributed by atoms with Gasteiger partial charge in [0.05, 0.1) is 7.11 Å². The summed E-state index contributed by atoms with van der Waals surface area (Å²) in [6.07, 6.45) is 0.951. The third-order valence-corrected chi connectivity index (χ3v) is 5.77. The first kappa shape index (κ1) is 21.8. The van der Waals surface area contributed by atoms with Gasteiger partial charge in [-0.3, -0.25) is 0 Å². The van der Waals surface area contributed by atoms with E-state index in [9.17, 15) is 4.39 Å². The molecule has 0 saturated heterocycles. The number of hydrogen-bond acceptors (Lipinski definition) is 5. The Kier molecular flexibility index (Phi) is 6.15. The van der Waals surface area contributed by atoms with Gasteiger partial charge in [0.1, 0.15) is 22.9 Å². The molecule has 0 aliphatic carbocycles. The molecule has 5 rings (SSSR count). The minimum absolute atomic E-state index is 0. The third kappa shape index (κ3) is 4.06. The SMILES string of the molecule is COc1cccc2c(N3Cc4ccccc4CC3C)nc(Nc3ccc(F)cc3)nc12.Cl. The molecule has 3 aromatic carbocycles. The van der Waals surface area contributed by atoms with Gasteiger partial charge in [0, 0.05) is 23.7 Å². The number of para-hydroxylation sites is 1. The number of rotatable bonds is 4. The number of ether oxygens (including phenoxy) is 1. The number of nitrogens with one attached hydrogen (secondary N) is 1. The number of aromatic nitrogens is 2. The van der Waals surface area contributed by atoms with Crippen LogP contribution in [-0.4, -0.2) is 23.1 Å². The van der Waals surface area contributed by atoms with Gasteiger partial charge in [-0.15, -0.1) is 12.4 Å². The highest BCUT2D eigenvalue weighted by atomic mass is 35.5. The fraction of sp³-hybridized carbons (Fsp3) is 0.200. The highest BCUT2D eigenvalue weighted by Gasteiger charge is 2.26. The summed E-state index contributed by atoms with van der Waals surface area (Å²) in [5, 5.41) is 4.16. The predicted octanol–water partition coefficient (Wildman–Crippen LogP) is 5.89. The van der Waals surface area contributed by atoms with Crippen molar-refractivity contribution in [2.75, 3.05) is 17.3 Å². The molecule has 32 heavy (non-hydrogen) atoms. The summed E-state index contributed by atoms with van der Waals surface area (Å²) in [4.78, 5) is 11.9. The van der Waals surface area contributed by atoms with Crippen LogP contribution in [0.25, 0.3) is 10.9 Å². The molecule has 7 heteroatoms. The molecular weight excluding hydrogens is 427 g/mol. The Bertz CT molecular complexity index is 1250. The summed E-state index contributed by atoms with van der Waals surface area (Å²) in [6, 6.07) is 20.9. The Labute approximate surface area is 192 Å². The second kappa shape index (κ2) is 9.01. The number of nitrogens with zero attached hydrogens (tertiary/aromatic N) is 3. The van der Waals surface area contributed by atoms with Crippen molar-refractivity contribution in [2.45, 2.75) is 25.9 Å². The van der Waals surface area contributed by atoms with E-state index in [-0.39, 0.29) is 24.3 Å². The van der Waals surface area contributed by atoms with Gasteiger partial charge in [-0.25, -0.2) is 9.37 Å². The standard InChI is InChI=1S/C25H23FN4O.ClH/c1-16-14-17-6-3-4-7-18(17)15-30(16)24-21-8-5-9-22(31-2)23(21)28-25(29-24)27-20-12-10-19(26)11-13-20;/h3-13,16H,14-15H2,1-2H3,(H,27,28,29);1H. The molecule has 0 bridgehead atoms. The Morgan fingerprint density at radius 1 is 0.969 bits per heavy atom. The van der Waals surface area contributed by atoms with Gasteiger partial charge in [0.25, 0.3) is 0 Å². The topological polar surface area (TPSA) is 50.3 Å². The van der Waals surface area contributed by atoms with Crippen LogP contribution in [-0.2, 0) is 13.0 Å². The Morgan fingerprint density at radius 2 is 1.72 bits per heavy atom. The number of fused-ring (bicyclic) bond motifs is 2. The zero-order chi connectivity index (χ0) is 21.4. The predicted molar refractivity (Wildman–Crippen MR) is 129 cm³/mol. The zero-order valence-corrected chi connectivity index (χ0v) is 18.7. The quantitative estimate of drug-likeness (QED) is 0.420. The van der Waals surface area contributed by atoms with Crippen LogP contribution in [0.5, 0.6) is 5.75 Å². The van der Waals surface area contributed by atoms with Crippen molar-refractivity contribution >= 4 is 40.8 Å². The first-order valence-electron chi connectivity index (χ1n) is 10.3. The molecular formula is C25H24ClFN4O. The van der Waals surface area contributed by atoms with Gasteiger partial charge < -0.3 is 15.0 Å². The minimum atomic E-state index is -0.284. The van der Waals surface area contributed by atoms with E-state index >= 15 is 0 Å². The molecule has 2 heterocycles. The Balaban J connectivity index is 0.00000245. The summed E-state index contributed by atoms with van der Waals surface area (Å²) in [7, 11) is 1.64. The molecule has 0 fully saturated rings. The minimum Gasteiger partial charge on any atom is -0.494 e. The summed E-state index contributed by atoms with van der Waals surface area (Å²) >= 11 is 0. The zero-order valence-electron chi connectivity index (χ0n) is 17.9. The van der Waals surface area contributed by atoms with Crippen LogP contribution in [0, 0.1) is 5.82 Å². The van der Waals surface area contributed by atoms with Crippen LogP contribution in [0.1, 0.15) is 18.1 Å². The van der Waals surface area contributed by atoms with Gasteiger partial charge >= 0.3 is 0 Å². The first-order chi connectivity index (χ1) is 15.1. The number of halogens is 2. The first-order valence-corrected chi connectivity index (χ1v) is 10.3. The van der Waals surface area contributed by atoms with E-state index in [0.29, 0.717) is 11.7 Å². The van der Waals surface area contributed by atoms with Gasteiger partial charge in [0.15, 0.2) is 0 Å².